The normalized spacial score (nSPS) is 14.1. The Bertz CT molecular complexity index is 146. The van der Waals surface area contributed by atoms with Crippen molar-refractivity contribution in [2.24, 2.45) is 11.3 Å². The molecule has 12 heavy (non-hydrogen) atoms. The van der Waals surface area contributed by atoms with Crippen molar-refractivity contribution >= 4 is 5.91 Å². The van der Waals surface area contributed by atoms with Crippen LogP contribution in [0.15, 0.2) is 0 Å². The molecule has 0 aromatic heterocycles. The summed E-state index contributed by atoms with van der Waals surface area (Å²) >= 11 is 0. The molecule has 1 amide bonds. The second-order valence-electron chi connectivity index (χ2n) is 4.38. The van der Waals surface area contributed by atoms with Gasteiger partial charge in [0.1, 0.15) is 0 Å². The van der Waals surface area contributed by atoms with E-state index in [0.717, 1.165) is 13.0 Å². The van der Waals surface area contributed by atoms with Crippen LogP contribution in [-0.4, -0.2) is 12.5 Å². The first-order valence-corrected chi connectivity index (χ1v) is 4.67. The van der Waals surface area contributed by atoms with Crippen molar-refractivity contribution in [3.8, 4) is 0 Å². The minimum atomic E-state index is 0.0673. The zero-order valence-corrected chi connectivity index (χ0v) is 8.90. The van der Waals surface area contributed by atoms with E-state index in [9.17, 15) is 4.79 Å². The van der Waals surface area contributed by atoms with Crippen LogP contribution in [0.3, 0.4) is 0 Å². The highest BCUT2D eigenvalue weighted by molar-refractivity contribution is 5.78. The van der Waals surface area contributed by atoms with Crippen LogP contribution in [0.5, 0.6) is 0 Å². The molecule has 1 atom stereocenters. The van der Waals surface area contributed by atoms with Gasteiger partial charge in [0.25, 0.3) is 0 Å². The van der Waals surface area contributed by atoms with E-state index in [1.165, 1.54) is 0 Å². The van der Waals surface area contributed by atoms with Gasteiger partial charge in [0.05, 0.1) is 0 Å². The maximum atomic E-state index is 11.4. The second-order valence-corrected chi connectivity index (χ2v) is 4.38. The predicted molar refractivity (Wildman–Crippen MR) is 51.9 cm³/mol. The van der Waals surface area contributed by atoms with Gasteiger partial charge in [0.2, 0.25) is 5.91 Å². The van der Waals surface area contributed by atoms with Gasteiger partial charge in [-0.1, -0.05) is 34.6 Å². The average molecular weight is 171 g/mol. The highest BCUT2D eigenvalue weighted by Gasteiger charge is 2.25. The van der Waals surface area contributed by atoms with E-state index in [0.29, 0.717) is 0 Å². The third-order valence-corrected chi connectivity index (χ3v) is 2.24. The molecule has 0 aliphatic heterocycles. The summed E-state index contributed by atoms with van der Waals surface area (Å²) in [6, 6.07) is 0. The molecule has 0 radical (unpaired) electrons. The number of carbonyl (C=O) groups is 1. The molecule has 1 N–H and O–H groups in total. The zero-order valence-electron chi connectivity index (χ0n) is 8.90. The Kier molecular flexibility index (Phi) is 4.29. The second kappa shape index (κ2) is 4.48. The number of carbonyl (C=O) groups excluding carboxylic acids is 1. The lowest BCUT2D eigenvalue weighted by molar-refractivity contribution is -0.127. The van der Waals surface area contributed by atoms with E-state index in [-0.39, 0.29) is 17.2 Å². The highest BCUT2D eigenvalue weighted by Crippen LogP contribution is 2.24. The van der Waals surface area contributed by atoms with Crippen LogP contribution in [-0.2, 0) is 4.79 Å². The molecule has 0 spiro atoms. The lowest BCUT2D eigenvalue weighted by Gasteiger charge is -2.25. The molecule has 0 heterocycles. The molecule has 0 aliphatic rings. The van der Waals surface area contributed by atoms with Gasteiger partial charge in [-0.05, 0) is 11.8 Å². The molecule has 0 saturated heterocycles. The largest absolute Gasteiger partial charge is 0.356 e. The Morgan fingerprint density at radius 1 is 1.42 bits per heavy atom. The van der Waals surface area contributed by atoms with Crippen LogP contribution in [0.25, 0.3) is 0 Å². The van der Waals surface area contributed by atoms with Crippen molar-refractivity contribution in [1.29, 1.82) is 0 Å². The van der Waals surface area contributed by atoms with Crippen LogP contribution >= 0.6 is 0 Å². The predicted octanol–water partition coefficient (Wildman–Crippen LogP) is 2.19. The Hall–Kier alpha value is -0.530. The first-order chi connectivity index (χ1) is 5.39. The van der Waals surface area contributed by atoms with Crippen LogP contribution in [0, 0.1) is 11.3 Å². The van der Waals surface area contributed by atoms with Crippen LogP contribution in [0.4, 0.5) is 0 Å². The first-order valence-electron chi connectivity index (χ1n) is 4.67. The molecule has 2 nitrogen and oxygen atoms in total. The molecule has 0 fully saturated rings. The van der Waals surface area contributed by atoms with Gasteiger partial charge in [-0.25, -0.2) is 0 Å². The highest BCUT2D eigenvalue weighted by atomic mass is 16.1. The van der Waals surface area contributed by atoms with E-state index in [1.54, 1.807) is 0 Å². The van der Waals surface area contributed by atoms with Gasteiger partial charge in [0, 0.05) is 12.5 Å². The fourth-order valence-corrected chi connectivity index (χ4v) is 0.795. The summed E-state index contributed by atoms with van der Waals surface area (Å²) < 4.78 is 0. The summed E-state index contributed by atoms with van der Waals surface area (Å²) in [7, 11) is 0. The summed E-state index contributed by atoms with van der Waals surface area (Å²) in [6.07, 6.45) is 1.00. The zero-order chi connectivity index (χ0) is 9.78. The van der Waals surface area contributed by atoms with E-state index in [2.05, 4.69) is 33.0 Å². The molecule has 72 valence electrons. The standard InChI is InChI=1S/C10H21NO/c1-6-7-11-9(12)8(2)10(3,4)5/h8H,6-7H2,1-5H3,(H,11,12)/t8-/m1/s1. The summed E-state index contributed by atoms with van der Waals surface area (Å²) in [4.78, 5) is 11.4. The molecule has 0 aromatic carbocycles. The van der Waals surface area contributed by atoms with Crippen molar-refractivity contribution in [1.82, 2.24) is 5.32 Å². The minimum Gasteiger partial charge on any atom is -0.356 e. The molecule has 0 bridgehead atoms. The van der Waals surface area contributed by atoms with Crippen LogP contribution in [0.1, 0.15) is 41.0 Å². The van der Waals surface area contributed by atoms with E-state index >= 15 is 0 Å². The molecule has 0 rings (SSSR count). The Labute approximate surface area is 75.7 Å². The van der Waals surface area contributed by atoms with Gasteiger partial charge in [0.15, 0.2) is 0 Å². The fraction of sp³-hybridized carbons (Fsp3) is 0.900. The Morgan fingerprint density at radius 2 is 1.92 bits per heavy atom. The van der Waals surface area contributed by atoms with Crippen molar-refractivity contribution in [3.63, 3.8) is 0 Å². The summed E-state index contributed by atoms with van der Waals surface area (Å²) in [5.74, 6) is 0.258. The maximum Gasteiger partial charge on any atom is 0.223 e. The van der Waals surface area contributed by atoms with Gasteiger partial charge >= 0.3 is 0 Å². The molecular formula is C10H21NO. The number of amides is 1. The third-order valence-electron chi connectivity index (χ3n) is 2.24. The van der Waals surface area contributed by atoms with Gasteiger partial charge in [-0.2, -0.15) is 0 Å². The smallest absolute Gasteiger partial charge is 0.223 e. The van der Waals surface area contributed by atoms with Crippen molar-refractivity contribution in [2.75, 3.05) is 6.54 Å². The average Bonchev–Trinajstić information content (AvgIpc) is 1.97. The van der Waals surface area contributed by atoms with Crippen molar-refractivity contribution in [3.05, 3.63) is 0 Å². The molecule has 2 heteroatoms. The van der Waals surface area contributed by atoms with Gasteiger partial charge < -0.3 is 5.32 Å². The Morgan fingerprint density at radius 3 is 2.25 bits per heavy atom. The summed E-state index contributed by atoms with van der Waals surface area (Å²) in [5.41, 5.74) is 0.0673. The summed E-state index contributed by atoms with van der Waals surface area (Å²) in [6.45, 7) is 11.1. The number of nitrogens with one attached hydrogen (secondary N) is 1. The van der Waals surface area contributed by atoms with Crippen LogP contribution in [0.2, 0.25) is 0 Å². The van der Waals surface area contributed by atoms with Crippen molar-refractivity contribution < 1.29 is 4.79 Å². The van der Waals surface area contributed by atoms with Crippen molar-refractivity contribution in [2.45, 2.75) is 41.0 Å². The lowest BCUT2D eigenvalue weighted by Crippen LogP contribution is -2.36. The topological polar surface area (TPSA) is 29.1 Å². The lowest BCUT2D eigenvalue weighted by atomic mass is 9.81. The fourth-order valence-electron chi connectivity index (χ4n) is 0.795. The van der Waals surface area contributed by atoms with E-state index in [1.807, 2.05) is 6.92 Å². The first kappa shape index (κ1) is 11.5. The quantitative estimate of drug-likeness (QED) is 0.693. The van der Waals surface area contributed by atoms with Gasteiger partial charge in [-0.15, -0.1) is 0 Å². The maximum absolute atomic E-state index is 11.4. The SMILES string of the molecule is CCCNC(=O)[C@@H](C)C(C)(C)C. The van der Waals surface area contributed by atoms with Gasteiger partial charge in [-0.3, -0.25) is 4.79 Å². The minimum absolute atomic E-state index is 0.0673. The van der Waals surface area contributed by atoms with E-state index in [4.69, 9.17) is 0 Å². The Balaban J connectivity index is 3.94. The number of hydrogen-bond acceptors (Lipinski definition) is 1. The number of rotatable bonds is 3. The molecule has 0 saturated carbocycles. The monoisotopic (exact) mass is 171 g/mol. The molecule has 0 aliphatic carbocycles. The third kappa shape index (κ3) is 3.74. The van der Waals surface area contributed by atoms with E-state index < -0.39 is 0 Å². The van der Waals surface area contributed by atoms with Crippen LogP contribution < -0.4 is 5.32 Å². The molecule has 0 aromatic rings. The number of hydrogen-bond donors (Lipinski definition) is 1. The molecule has 0 unspecified atom stereocenters. The molecular weight excluding hydrogens is 150 g/mol. The summed E-state index contributed by atoms with van der Waals surface area (Å²) in [5, 5.41) is 2.90.